The molecule has 1 aliphatic rings. The van der Waals surface area contributed by atoms with Crippen molar-refractivity contribution in [1.82, 2.24) is 0 Å². The van der Waals surface area contributed by atoms with Crippen LogP contribution in [-0.2, 0) is 38.9 Å². The molecule has 3 aromatic carbocycles. The van der Waals surface area contributed by atoms with E-state index in [-0.39, 0.29) is 59.8 Å². The van der Waals surface area contributed by atoms with Crippen molar-refractivity contribution in [2.75, 3.05) is 20.3 Å². The van der Waals surface area contributed by atoms with E-state index < -0.39 is 25.0 Å². The maximum absolute atomic E-state index is 13.7. The second-order valence-electron chi connectivity index (χ2n) is 18.8. The van der Waals surface area contributed by atoms with Crippen molar-refractivity contribution in [3.05, 3.63) is 90.5 Å². The molecule has 3 aromatic rings. The molecule has 0 aliphatic carbocycles. The molecule has 5 atom stereocenters. The number of hydrogen-bond donors (Lipinski definition) is 0. The first-order valence-electron chi connectivity index (χ1n) is 24.2. The second-order valence-corrected chi connectivity index (χ2v) is 32.5. The zero-order chi connectivity index (χ0) is 46.8. The molecule has 352 valence electrons. The summed E-state index contributed by atoms with van der Waals surface area (Å²) >= 11 is 0. The van der Waals surface area contributed by atoms with E-state index in [1.165, 1.54) is 10.4 Å². The van der Waals surface area contributed by atoms with E-state index in [1.54, 1.807) is 7.11 Å². The van der Waals surface area contributed by atoms with Crippen LogP contribution in [0.4, 0.5) is 0 Å². The predicted molar refractivity (Wildman–Crippen MR) is 269 cm³/mol. The number of ketones is 2. The molecule has 0 aromatic heterocycles. The SMILES string of the molecule is CC[Si](CC)(CC)O[C@H](COCc1ccc(OC)cc1)CC(=O)C#CCCC(=O)[C@H](C)C[C@H]1O[C@@H](CO[Si](c2ccccc2)(c2ccccc2)C(C)(C)C)C[C@H]1O[Si](CC)(CC)CC. The number of methoxy groups -OCH3 is 1. The van der Waals surface area contributed by atoms with Crippen LogP contribution in [0, 0.1) is 17.8 Å². The van der Waals surface area contributed by atoms with Crippen molar-refractivity contribution in [2.24, 2.45) is 5.92 Å². The Hall–Kier alpha value is -3.19. The Morgan fingerprint density at radius 2 is 1.36 bits per heavy atom. The van der Waals surface area contributed by atoms with E-state index >= 15 is 0 Å². The van der Waals surface area contributed by atoms with Crippen molar-refractivity contribution in [1.29, 1.82) is 0 Å². The van der Waals surface area contributed by atoms with Gasteiger partial charge in [0.15, 0.2) is 16.6 Å². The molecule has 0 saturated carbocycles. The van der Waals surface area contributed by atoms with E-state index in [0.717, 1.165) is 54.0 Å². The van der Waals surface area contributed by atoms with Gasteiger partial charge in [0.1, 0.15) is 11.5 Å². The van der Waals surface area contributed by atoms with Crippen LogP contribution in [0.5, 0.6) is 5.75 Å². The molecule has 1 heterocycles. The lowest BCUT2D eigenvalue weighted by Gasteiger charge is -2.43. The van der Waals surface area contributed by atoms with Crippen LogP contribution in [0.25, 0.3) is 0 Å². The summed E-state index contributed by atoms with van der Waals surface area (Å²) in [6, 6.07) is 35.3. The normalized spacial score (nSPS) is 18.0. The lowest BCUT2D eigenvalue weighted by molar-refractivity contribution is -0.124. The zero-order valence-corrected chi connectivity index (χ0v) is 44.1. The van der Waals surface area contributed by atoms with Crippen LogP contribution < -0.4 is 15.1 Å². The zero-order valence-electron chi connectivity index (χ0n) is 41.1. The monoisotopic (exact) mass is 929 g/mol. The van der Waals surface area contributed by atoms with Crippen molar-refractivity contribution >= 4 is 46.9 Å². The molecule has 1 fully saturated rings. The van der Waals surface area contributed by atoms with Crippen LogP contribution >= 0.6 is 0 Å². The van der Waals surface area contributed by atoms with Gasteiger partial charge >= 0.3 is 0 Å². The van der Waals surface area contributed by atoms with Crippen molar-refractivity contribution in [2.45, 2.75) is 174 Å². The van der Waals surface area contributed by atoms with Crippen LogP contribution in [0.2, 0.25) is 41.3 Å². The van der Waals surface area contributed by atoms with Gasteiger partial charge in [0.2, 0.25) is 5.78 Å². The first-order valence-corrected chi connectivity index (χ1v) is 31.1. The highest BCUT2D eigenvalue weighted by atomic mass is 28.4. The minimum atomic E-state index is -2.77. The first kappa shape index (κ1) is 53.4. The highest BCUT2D eigenvalue weighted by molar-refractivity contribution is 6.99. The highest BCUT2D eigenvalue weighted by Crippen LogP contribution is 2.39. The standard InChI is InChI=1S/C53H80O8Si3/c1-12-62(13-2,14-3)60-47(40-57-39-43-32-34-45(56-11)35-33-43)37-44(54)26-24-25-31-50(55)42(7)36-51-52(61-63(15-4,16-5)17-6)38-46(59-51)41-58-64(53(8,9)10,48-27-20-18-21-28-48)49-29-22-19-23-30-49/h18-23,27-30,32-35,42,46-47,51-52H,12-17,25,31,36-41H2,1-11H3/t42-,46-,47+,51-,52-/m1/s1. The van der Waals surface area contributed by atoms with Gasteiger partial charge in [0, 0.05) is 31.6 Å². The summed E-state index contributed by atoms with van der Waals surface area (Å²) in [5.41, 5.74) is 1.02. The molecule has 64 heavy (non-hydrogen) atoms. The summed E-state index contributed by atoms with van der Waals surface area (Å²) in [5, 5.41) is 2.33. The summed E-state index contributed by atoms with van der Waals surface area (Å²) < 4.78 is 39.6. The molecule has 4 rings (SSSR count). The molecular formula is C53H80O8Si3. The van der Waals surface area contributed by atoms with Gasteiger partial charge in [-0.1, -0.05) is 148 Å². The molecule has 0 bridgehead atoms. The Morgan fingerprint density at radius 1 is 0.797 bits per heavy atom. The molecule has 8 nitrogen and oxygen atoms in total. The average molecular weight is 929 g/mol. The molecule has 0 amide bonds. The maximum Gasteiger partial charge on any atom is 0.261 e. The number of rotatable bonds is 27. The number of hydrogen-bond acceptors (Lipinski definition) is 8. The van der Waals surface area contributed by atoms with E-state index in [4.69, 9.17) is 27.5 Å². The quantitative estimate of drug-likeness (QED) is 0.0424. The molecule has 0 spiro atoms. The number of Topliss-reactive ketones (excluding diaryl/α,β-unsaturated/α-hetero) is 2. The average Bonchev–Trinajstić information content (AvgIpc) is 3.69. The molecule has 11 heteroatoms. The third-order valence-electron chi connectivity index (χ3n) is 13.9. The Morgan fingerprint density at radius 3 is 1.88 bits per heavy atom. The Bertz CT molecular complexity index is 1840. The van der Waals surface area contributed by atoms with Crippen molar-refractivity contribution in [3.63, 3.8) is 0 Å². The predicted octanol–water partition coefficient (Wildman–Crippen LogP) is 11.1. The van der Waals surface area contributed by atoms with Gasteiger partial charge in [-0.3, -0.25) is 9.59 Å². The summed E-state index contributed by atoms with van der Waals surface area (Å²) in [4.78, 5) is 27.0. The lowest BCUT2D eigenvalue weighted by atomic mass is 9.94. The molecular weight excluding hydrogens is 849 g/mol. The molecule has 1 aliphatic heterocycles. The summed E-state index contributed by atoms with van der Waals surface area (Å²) in [5.74, 6) is 6.34. The summed E-state index contributed by atoms with van der Waals surface area (Å²) in [7, 11) is -5.12. The first-order chi connectivity index (χ1) is 30.7. The van der Waals surface area contributed by atoms with Gasteiger partial charge in [-0.25, -0.2) is 0 Å². The van der Waals surface area contributed by atoms with Crippen molar-refractivity contribution in [3.8, 4) is 17.6 Å². The van der Waals surface area contributed by atoms with Gasteiger partial charge in [-0.2, -0.15) is 0 Å². The Labute approximate surface area is 390 Å². The maximum atomic E-state index is 13.7. The van der Waals surface area contributed by atoms with Gasteiger partial charge < -0.3 is 27.5 Å². The molecule has 1 saturated heterocycles. The van der Waals surface area contributed by atoms with Gasteiger partial charge in [0.25, 0.3) is 8.32 Å². The summed E-state index contributed by atoms with van der Waals surface area (Å²) in [6.07, 6.45) is 1.22. The Kier molecular flexibility index (Phi) is 21.4. The topological polar surface area (TPSA) is 89.5 Å². The van der Waals surface area contributed by atoms with Crippen molar-refractivity contribution < 1.29 is 37.1 Å². The van der Waals surface area contributed by atoms with E-state index in [0.29, 0.717) is 32.7 Å². The van der Waals surface area contributed by atoms with Gasteiger partial charge in [-0.15, -0.1) is 0 Å². The van der Waals surface area contributed by atoms with Crippen LogP contribution in [-0.4, -0.2) is 81.3 Å². The third-order valence-corrected chi connectivity index (χ3v) is 28.2. The van der Waals surface area contributed by atoms with E-state index in [1.807, 2.05) is 31.2 Å². The molecule has 0 N–H and O–H groups in total. The lowest BCUT2D eigenvalue weighted by Crippen LogP contribution is -2.67. The van der Waals surface area contributed by atoms with Gasteiger partial charge in [-0.05, 0) is 81.7 Å². The fraction of sp³-hybridized carbons (Fsp3) is 0.585. The number of carbonyl (C=O) groups is 2. The van der Waals surface area contributed by atoms with Crippen LogP contribution in [0.15, 0.2) is 84.9 Å². The largest absolute Gasteiger partial charge is 0.497 e. The minimum Gasteiger partial charge on any atom is -0.497 e. The fourth-order valence-electron chi connectivity index (χ4n) is 9.39. The van der Waals surface area contributed by atoms with E-state index in [2.05, 4.69) is 135 Å². The number of benzene rings is 3. The third kappa shape index (κ3) is 14.4. The number of ether oxygens (including phenoxy) is 3. The fourth-order valence-corrected chi connectivity index (χ4v) is 19.7. The highest BCUT2D eigenvalue weighted by Gasteiger charge is 2.51. The van der Waals surface area contributed by atoms with Crippen LogP contribution in [0.1, 0.15) is 107 Å². The second kappa shape index (κ2) is 25.6. The summed E-state index contributed by atoms with van der Waals surface area (Å²) in [6.45, 7) is 23.4. The minimum absolute atomic E-state index is 0.0998. The van der Waals surface area contributed by atoms with Crippen LogP contribution in [0.3, 0.4) is 0 Å². The van der Waals surface area contributed by atoms with Gasteiger partial charge in [0.05, 0.1) is 51.3 Å². The molecule has 0 radical (unpaired) electrons. The van der Waals surface area contributed by atoms with E-state index in [9.17, 15) is 9.59 Å². The Balaban J connectivity index is 1.42. The number of carbonyl (C=O) groups excluding carboxylic acids is 2. The smallest absolute Gasteiger partial charge is 0.261 e. The molecule has 0 unspecified atom stereocenters.